The molecule has 2 aliphatic rings. The van der Waals surface area contributed by atoms with Crippen molar-refractivity contribution >= 4 is 34.1 Å². The number of hydrogen-bond acceptors (Lipinski definition) is 4. The van der Waals surface area contributed by atoms with Crippen LogP contribution in [0.2, 0.25) is 0 Å². The van der Waals surface area contributed by atoms with Crippen LogP contribution in [-0.2, 0) is 10.8 Å². The van der Waals surface area contributed by atoms with E-state index in [9.17, 15) is 0 Å². The quantitative estimate of drug-likeness (QED) is 0.177. The number of anilines is 6. The van der Waals surface area contributed by atoms with Gasteiger partial charge in [-0.1, -0.05) is 137 Å². The molecule has 0 aliphatic carbocycles. The largest absolute Gasteiger partial charge is 0.310 e. The highest BCUT2D eigenvalue weighted by Crippen LogP contribution is 2.53. The van der Waals surface area contributed by atoms with E-state index in [-0.39, 0.29) is 10.8 Å². The molecule has 2 aromatic heterocycles. The first-order valence-corrected chi connectivity index (χ1v) is 19.4. The molecule has 2 aliphatic heterocycles. The molecule has 270 valence electrons. The van der Waals surface area contributed by atoms with Crippen molar-refractivity contribution in [2.45, 2.75) is 38.5 Å². The van der Waals surface area contributed by atoms with Gasteiger partial charge >= 0.3 is 0 Å². The van der Waals surface area contributed by atoms with Gasteiger partial charge in [0.2, 0.25) is 0 Å². The number of hydrogen-bond donors (Lipinski definition) is 0. The maximum Gasteiger partial charge on any atom is 0.0781 e. The number of pyridine rings is 2. The van der Waals surface area contributed by atoms with Crippen LogP contribution < -0.4 is 9.80 Å². The first-order valence-electron chi connectivity index (χ1n) is 19.4. The van der Waals surface area contributed by atoms with Crippen molar-refractivity contribution in [3.8, 4) is 33.6 Å². The summed E-state index contributed by atoms with van der Waals surface area (Å²) in [4.78, 5) is 14.9. The molecule has 4 heterocycles. The van der Waals surface area contributed by atoms with Gasteiger partial charge in [0.1, 0.15) is 0 Å². The van der Waals surface area contributed by atoms with Crippen molar-refractivity contribution in [3.63, 3.8) is 0 Å². The van der Waals surface area contributed by atoms with Crippen molar-refractivity contribution in [2.24, 2.45) is 0 Å². The maximum absolute atomic E-state index is 5.06. The maximum atomic E-state index is 5.06. The molecule has 0 N–H and O–H groups in total. The summed E-state index contributed by atoms with van der Waals surface area (Å²) in [5.74, 6) is 0. The molecule has 56 heavy (non-hydrogen) atoms. The van der Waals surface area contributed by atoms with Crippen molar-refractivity contribution in [1.29, 1.82) is 0 Å². The second-order valence-corrected chi connectivity index (χ2v) is 15.9. The minimum absolute atomic E-state index is 0.124. The Morgan fingerprint density at radius 2 is 0.696 bits per heavy atom. The molecule has 10 rings (SSSR count). The van der Waals surface area contributed by atoms with Gasteiger partial charge in [0.15, 0.2) is 0 Å². The van der Waals surface area contributed by atoms with Crippen LogP contribution in [0.4, 0.5) is 34.1 Å². The smallest absolute Gasteiger partial charge is 0.0781 e. The fraction of sp³-hybridized carbons (Fsp3) is 0.115. The third kappa shape index (κ3) is 5.20. The first kappa shape index (κ1) is 33.8. The monoisotopic (exact) mass is 722 g/mol. The Bertz CT molecular complexity index is 2510. The molecule has 4 heteroatoms. The van der Waals surface area contributed by atoms with Crippen LogP contribution in [0, 0.1) is 0 Å². The molecule has 0 bridgehead atoms. The fourth-order valence-electron chi connectivity index (χ4n) is 9.18. The first-order chi connectivity index (χ1) is 27.3. The molecule has 0 radical (unpaired) electrons. The molecule has 8 aromatic rings. The Morgan fingerprint density at radius 1 is 0.357 bits per heavy atom. The normalized spacial score (nSPS) is 14.6. The van der Waals surface area contributed by atoms with E-state index in [0.29, 0.717) is 0 Å². The standard InChI is InChI=1S/C52H42N4/c1-51(2)41-23-5-9-27-45(41)55(46-28-10-6-24-42(46)51)37-19-13-17-35(33-37)49-39(21-15-31-53-49)40-22-16-32-54-50(40)36-18-14-20-38(34-36)56-47-29-11-7-25-43(47)52(3,4)44-26-8-12-30-48(44)56/h5-34H,1-4H3. The van der Waals surface area contributed by atoms with E-state index in [1.165, 1.54) is 45.0 Å². The van der Waals surface area contributed by atoms with E-state index in [0.717, 1.165) is 45.0 Å². The second-order valence-electron chi connectivity index (χ2n) is 15.9. The summed E-state index contributed by atoms with van der Waals surface area (Å²) in [6, 6.07) is 61.2. The lowest BCUT2D eigenvalue weighted by molar-refractivity contribution is 0.632. The highest BCUT2D eigenvalue weighted by Gasteiger charge is 2.38. The van der Waals surface area contributed by atoms with Crippen LogP contribution in [0.5, 0.6) is 0 Å². The number of benzene rings is 6. The molecule has 0 spiro atoms. The Balaban J connectivity index is 1.08. The van der Waals surface area contributed by atoms with Gasteiger partial charge in [0.05, 0.1) is 34.1 Å². The van der Waals surface area contributed by atoms with E-state index >= 15 is 0 Å². The zero-order chi connectivity index (χ0) is 38.0. The third-order valence-electron chi connectivity index (χ3n) is 11.9. The van der Waals surface area contributed by atoms with E-state index < -0.39 is 0 Å². The summed E-state index contributed by atoms with van der Waals surface area (Å²) in [7, 11) is 0. The molecule has 0 atom stereocenters. The van der Waals surface area contributed by atoms with Gasteiger partial charge in [-0.2, -0.15) is 0 Å². The molecule has 0 saturated heterocycles. The molecule has 0 unspecified atom stereocenters. The highest BCUT2D eigenvalue weighted by atomic mass is 15.2. The number of nitrogens with zero attached hydrogens (tertiary/aromatic N) is 4. The van der Waals surface area contributed by atoms with Crippen LogP contribution in [0.25, 0.3) is 33.6 Å². The van der Waals surface area contributed by atoms with E-state index in [2.05, 4.69) is 195 Å². The minimum atomic E-state index is -0.124. The molecular weight excluding hydrogens is 681 g/mol. The van der Waals surface area contributed by atoms with Crippen LogP contribution in [-0.4, -0.2) is 9.97 Å². The number of rotatable bonds is 5. The Kier molecular flexibility index (Phi) is 7.79. The Labute approximate surface area is 329 Å². The molecular formula is C52H42N4. The third-order valence-corrected chi connectivity index (χ3v) is 11.9. The average Bonchev–Trinajstić information content (AvgIpc) is 3.24. The van der Waals surface area contributed by atoms with E-state index in [1.54, 1.807) is 0 Å². The highest BCUT2D eigenvalue weighted by molar-refractivity contribution is 5.93. The molecule has 0 amide bonds. The average molecular weight is 723 g/mol. The van der Waals surface area contributed by atoms with Crippen molar-refractivity contribution in [2.75, 3.05) is 9.80 Å². The van der Waals surface area contributed by atoms with Gasteiger partial charge in [0, 0.05) is 56.9 Å². The molecule has 4 nitrogen and oxygen atoms in total. The van der Waals surface area contributed by atoms with Crippen LogP contribution in [0.3, 0.4) is 0 Å². The summed E-state index contributed by atoms with van der Waals surface area (Å²) >= 11 is 0. The minimum Gasteiger partial charge on any atom is -0.310 e. The van der Waals surface area contributed by atoms with Gasteiger partial charge in [-0.25, -0.2) is 0 Å². The van der Waals surface area contributed by atoms with Gasteiger partial charge < -0.3 is 9.80 Å². The molecule has 6 aromatic carbocycles. The van der Waals surface area contributed by atoms with Crippen LogP contribution in [0.15, 0.2) is 182 Å². The zero-order valence-electron chi connectivity index (χ0n) is 32.1. The summed E-state index contributed by atoms with van der Waals surface area (Å²) < 4.78 is 0. The van der Waals surface area contributed by atoms with E-state index in [1.807, 2.05) is 24.5 Å². The molecule has 0 saturated carbocycles. The predicted molar refractivity (Wildman–Crippen MR) is 232 cm³/mol. The topological polar surface area (TPSA) is 32.3 Å². The summed E-state index contributed by atoms with van der Waals surface area (Å²) in [6.45, 7) is 9.30. The Morgan fingerprint density at radius 3 is 1.05 bits per heavy atom. The van der Waals surface area contributed by atoms with Crippen molar-refractivity contribution < 1.29 is 0 Å². The van der Waals surface area contributed by atoms with Gasteiger partial charge in [-0.05, 0) is 82.9 Å². The number of aromatic nitrogens is 2. The van der Waals surface area contributed by atoms with Crippen LogP contribution in [0.1, 0.15) is 49.9 Å². The fourth-order valence-corrected chi connectivity index (χ4v) is 9.18. The SMILES string of the molecule is CC1(C)c2ccccc2N(c2cccc(-c3ncccc3-c3cccnc3-c3cccc(N4c5ccccc5C(C)(C)c5ccccc54)c3)c2)c2ccccc21. The number of para-hydroxylation sites is 4. The lowest BCUT2D eigenvalue weighted by Gasteiger charge is -2.42. The lowest BCUT2D eigenvalue weighted by Crippen LogP contribution is -2.30. The summed E-state index contributed by atoms with van der Waals surface area (Å²) in [6.07, 6.45) is 3.78. The van der Waals surface area contributed by atoms with Gasteiger partial charge in [-0.15, -0.1) is 0 Å². The number of fused-ring (bicyclic) bond motifs is 4. The molecule has 0 fully saturated rings. The summed E-state index contributed by atoms with van der Waals surface area (Å²) in [5.41, 5.74) is 18.0. The van der Waals surface area contributed by atoms with Crippen LogP contribution >= 0.6 is 0 Å². The summed E-state index contributed by atoms with van der Waals surface area (Å²) in [5, 5.41) is 0. The second kappa shape index (κ2) is 12.9. The predicted octanol–water partition coefficient (Wildman–Crippen LogP) is 13.7. The lowest BCUT2D eigenvalue weighted by atomic mass is 9.73. The zero-order valence-corrected chi connectivity index (χ0v) is 32.1. The van der Waals surface area contributed by atoms with Crippen molar-refractivity contribution in [1.82, 2.24) is 9.97 Å². The Hall–Kier alpha value is -6.78. The van der Waals surface area contributed by atoms with Gasteiger partial charge in [-0.3, -0.25) is 9.97 Å². The van der Waals surface area contributed by atoms with Crippen molar-refractivity contribution in [3.05, 3.63) is 205 Å². The van der Waals surface area contributed by atoms with Gasteiger partial charge in [0.25, 0.3) is 0 Å². The van der Waals surface area contributed by atoms with E-state index in [4.69, 9.17) is 9.97 Å².